The van der Waals surface area contributed by atoms with Gasteiger partial charge in [-0.2, -0.15) is 5.10 Å². The zero-order valence-electron chi connectivity index (χ0n) is 7.24. The molecule has 4 nitrogen and oxygen atoms in total. The number of nitrogen functional groups attached to an aromatic ring is 1. The van der Waals surface area contributed by atoms with Crippen molar-refractivity contribution in [3.63, 3.8) is 0 Å². The average Bonchev–Trinajstić information content (AvgIpc) is 2.71. The minimum absolute atomic E-state index is 0.0400. The summed E-state index contributed by atoms with van der Waals surface area (Å²) in [6.07, 6.45) is 1.61. The SMILES string of the molecule is Nc1cccc2c1C(=O)c1c[nH]nc1-2. The summed E-state index contributed by atoms with van der Waals surface area (Å²) in [5.74, 6) is -0.0400. The van der Waals surface area contributed by atoms with E-state index in [1.54, 1.807) is 12.3 Å². The largest absolute Gasteiger partial charge is 0.398 e. The van der Waals surface area contributed by atoms with Crippen LogP contribution >= 0.6 is 0 Å². The minimum atomic E-state index is -0.0400. The summed E-state index contributed by atoms with van der Waals surface area (Å²) in [5, 5.41) is 6.71. The van der Waals surface area contributed by atoms with Crippen LogP contribution in [0.1, 0.15) is 15.9 Å². The van der Waals surface area contributed by atoms with Crippen LogP contribution in [0.15, 0.2) is 24.4 Å². The lowest BCUT2D eigenvalue weighted by Gasteiger charge is -2.00. The molecule has 0 unspecified atom stereocenters. The van der Waals surface area contributed by atoms with E-state index in [1.165, 1.54) is 0 Å². The van der Waals surface area contributed by atoms with Crippen LogP contribution in [-0.4, -0.2) is 16.0 Å². The molecule has 0 atom stereocenters. The highest BCUT2D eigenvalue weighted by molar-refractivity contribution is 6.23. The van der Waals surface area contributed by atoms with E-state index in [-0.39, 0.29) is 5.78 Å². The predicted molar refractivity (Wildman–Crippen MR) is 51.9 cm³/mol. The van der Waals surface area contributed by atoms with E-state index >= 15 is 0 Å². The third-order valence-corrected chi connectivity index (χ3v) is 2.46. The number of anilines is 1. The highest BCUT2D eigenvalue weighted by Gasteiger charge is 2.30. The number of nitrogens with two attached hydrogens (primary N) is 1. The maximum atomic E-state index is 11.8. The quantitative estimate of drug-likeness (QED) is 0.517. The molecule has 1 aliphatic rings. The monoisotopic (exact) mass is 185 g/mol. The van der Waals surface area contributed by atoms with Gasteiger partial charge in [0, 0.05) is 17.4 Å². The second kappa shape index (κ2) is 2.23. The Bertz CT molecular complexity index is 542. The fourth-order valence-electron chi connectivity index (χ4n) is 1.82. The van der Waals surface area contributed by atoms with E-state index in [4.69, 9.17) is 5.73 Å². The van der Waals surface area contributed by atoms with Crippen LogP contribution in [0.3, 0.4) is 0 Å². The molecule has 1 heterocycles. The van der Waals surface area contributed by atoms with Crippen LogP contribution in [0.5, 0.6) is 0 Å². The Balaban J connectivity index is 2.44. The second-order valence-corrected chi connectivity index (χ2v) is 3.25. The summed E-state index contributed by atoms with van der Waals surface area (Å²) in [6.45, 7) is 0. The molecule has 3 rings (SSSR count). The van der Waals surface area contributed by atoms with E-state index in [9.17, 15) is 4.79 Å². The Morgan fingerprint density at radius 3 is 3.00 bits per heavy atom. The van der Waals surface area contributed by atoms with Crippen molar-refractivity contribution < 1.29 is 4.79 Å². The number of benzene rings is 1. The fraction of sp³-hybridized carbons (Fsp3) is 0. The lowest BCUT2D eigenvalue weighted by Crippen LogP contribution is -2.00. The zero-order chi connectivity index (χ0) is 9.71. The molecular weight excluding hydrogens is 178 g/mol. The van der Waals surface area contributed by atoms with Crippen molar-refractivity contribution in [2.45, 2.75) is 0 Å². The van der Waals surface area contributed by atoms with Gasteiger partial charge in [0.2, 0.25) is 0 Å². The standard InChI is InChI=1S/C10H7N3O/c11-7-3-1-2-5-8(7)10(14)6-4-12-13-9(5)6/h1-4H,11H2,(H,12,13). The number of aromatic nitrogens is 2. The molecule has 1 aromatic carbocycles. The fourth-order valence-corrected chi connectivity index (χ4v) is 1.82. The maximum absolute atomic E-state index is 11.8. The normalized spacial score (nSPS) is 12.7. The number of ketones is 1. The number of carbonyl (C=O) groups excluding carboxylic acids is 1. The first-order valence-corrected chi connectivity index (χ1v) is 4.26. The molecule has 0 bridgehead atoms. The molecule has 2 aromatic rings. The Hall–Kier alpha value is -2.10. The first kappa shape index (κ1) is 7.32. The molecule has 4 heteroatoms. The van der Waals surface area contributed by atoms with Crippen LogP contribution in [0.25, 0.3) is 11.3 Å². The molecule has 0 aliphatic heterocycles. The number of carbonyl (C=O) groups is 1. The number of nitrogens with one attached hydrogen (secondary N) is 1. The third-order valence-electron chi connectivity index (χ3n) is 2.46. The summed E-state index contributed by atoms with van der Waals surface area (Å²) in [6, 6.07) is 5.41. The van der Waals surface area contributed by atoms with Crippen molar-refractivity contribution >= 4 is 11.5 Å². The Morgan fingerprint density at radius 1 is 1.29 bits per heavy atom. The molecule has 0 saturated carbocycles. The van der Waals surface area contributed by atoms with Gasteiger partial charge in [-0.15, -0.1) is 0 Å². The first-order valence-electron chi connectivity index (χ1n) is 4.26. The Labute approximate surface area is 79.7 Å². The summed E-state index contributed by atoms with van der Waals surface area (Å²) < 4.78 is 0. The van der Waals surface area contributed by atoms with Gasteiger partial charge in [-0.25, -0.2) is 0 Å². The Kier molecular flexibility index (Phi) is 1.16. The van der Waals surface area contributed by atoms with Gasteiger partial charge >= 0.3 is 0 Å². The van der Waals surface area contributed by atoms with E-state index in [1.807, 2.05) is 12.1 Å². The van der Waals surface area contributed by atoms with Crippen molar-refractivity contribution in [2.24, 2.45) is 0 Å². The lowest BCUT2D eigenvalue weighted by molar-refractivity contribution is 0.104. The van der Waals surface area contributed by atoms with Crippen LogP contribution in [0.2, 0.25) is 0 Å². The van der Waals surface area contributed by atoms with Gasteiger partial charge in [-0.1, -0.05) is 12.1 Å². The van der Waals surface area contributed by atoms with E-state index < -0.39 is 0 Å². The third kappa shape index (κ3) is 0.682. The lowest BCUT2D eigenvalue weighted by atomic mass is 10.1. The molecule has 1 aliphatic carbocycles. The molecule has 14 heavy (non-hydrogen) atoms. The summed E-state index contributed by atoms with van der Waals surface area (Å²) in [7, 11) is 0. The van der Waals surface area contributed by atoms with E-state index in [2.05, 4.69) is 10.2 Å². The molecule has 3 N–H and O–H groups in total. The number of aromatic amines is 1. The highest BCUT2D eigenvalue weighted by Crippen LogP contribution is 2.37. The molecule has 0 amide bonds. The van der Waals surface area contributed by atoms with E-state index in [0.717, 1.165) is 5.56 Å². The number of nitrogens with zero attached hydrogens (tertiary/aromatic N) is 1. The number of H-pyrrole nitrogens is 1. The maximum Gasteiger partial charge on any atom is 0.199 e. The van der Waals surface area contributed by atoms with Gasteiger partial charge in [-0.3, -0.25) is 9.89 Å². The van der Waals surface area contributed by atoms with Gasteiger partial charge in [0.25, 0.3) is 0 Å². The highest BCUT2D eigenvalue weighted by atomic mass is 16.1. The van der Waals surface area contributed by atoms with Crippen molar-refractivity contribution in [2.75, 3.05) is 5.73 Å². The van der Waals surface area contributed by atoms with Gasteiger partial charge in [-0.05, 0) is 6.07 Å². The van der Waals surface area contributed by atoms with Crippen molar-refractivity contribution in [3.05, 3.63) is 35.5 Å². The van der Waals surface area contributed by atoms with Gasteiger partial charge in [0.1, 0.15) is 5.69 Å². The first-order chi connectivity index (χ1) is 6.79. The average molecular weight is 185 g/mol. The molecule has 68 valence electrons. The number of hydrogen-bond acceptors (Lipinski definition) is 3. The molecule has 0 fully saturated rings. The predicted octanol–water partition coefficient (Wildman–Crippen LogP) is 1.20. The summed E-state index contributed by atoms with van der Waals surface area (Å²) >= 11 is 0. The second-order valence-electron chi connectivity index (χ2n) is 3.25. The van der Waals surface area contributed by atoms with E-state index in [0.29, 0.717) is 22.5 Å². The molecule has 1 aromatic heterocycles. The summed E-state index contributed by atoms with van der Waals surface area (Å²) in [4.78, 5) is 11.8. The molecule has 0 saturated heterocycles. The van der Waals surface area contributed by atoms with Gasteiger partial charge in [0.05, 0.1) is 11.1 Å². The van der Waals surface area contributed by atoms with Crippen molar-refractivity contribution in [1.29, 1.82) is 0 Å². The van der Waals surface area contributed by atoms with Gasteiger partial charge < -0.3 is 5.73 Å². The number of fused-ring (bicyclic) bond motifs is 3. The summed E-state index contributed by atoms with van der Waals surface area (Å²) in [5.41, 5.74) is 8.98. The van der Waals surface area contributed by atoms with Crippen molar-refractivity contribution in [3.8, 4) is 11.3 Å². The van der Waals surface area contributed by atoms with Crippen molar-refractivity contribution in [1.82, 2.24) is 10.2 Å². The molecule has 0 spiro atoms. The number of hydrogen-bond donors (Lipinski definition) is 2. The number of rotatable bonds is 0. The van der Waals surface area contributed by atoms with Gasteiger partial charge in [0.15, 0.2) is 5.78 Å². The minimum Gasteiger partial charge on any atom is -0.398 e. The van der Waals surface area contributed by atoms with Crippen LogP contribution in [0.4, 0.5) is 5.69 Å². The molecular formula is C10H7N3O. The van der Waals surface area contributed by atoms with Crippen LogP contribution in [0, 0.1) is 0 Å². The van der Waals surface area contributed by atoms with Crippen LogP contribution < -0.4 is 5.73 Å². The zero-order valence-corrected chi connectivity index (χ0v) is 7.24. The molecule has 0 radical (unpaired) electrons. The smallest absolute Gasteiger partial charge is 0.199 e. The Morgan fingerprint density at radius 2 is 2.14 bits per heavy atom. The van der Waals surface area contributed by atoms with Crippen LogP contribution in [-0.2, 0) is 0 Å². The topological polar surface area (TPSA) is 71.8 Å².